The zero-order chi connectivity index (χ0) is 92.0. The maximum absolute atomic E-state index is 14.0. The van der Waals surface area contributed by atoms with E-state index < -0.39 is 61.0 Å². The molecule has 666 valence electrons. The second kappa shape index (κ2) is 52.0. The first-order chi connectivity index (χ1) is 61.9. The van der Waals surface area contributed by atoms with Gasteiger partial charge in [0.2, 0.25) is 23.6 Å². The number of nitro benzene ring substituents is 4. The molecule has 44 nitrogen and oxygen atoms in total. The van der Waals surface area contributed by atoms with Gasteiger partial charge in [0.1, 0.15) is 34.2 Å². The Morgan fingerprint density at radius 1 is 0.344 bits per heavy atom. The van der Waals surface area contributed by atoms with Gasteiger partial charge in [-0.1, -0.05) is 107 Å². The number of nitrogens with one attached hydrogen (secondary N) is 11. The average molecular weight is 1750 g/mol. The quantitative estimate of drug-likeness (QED) is 0.00421. The van der Waals surface area contributed by atoms with E-state index in [0.29, 0.717) is 103 Å². The number of rotatable bonds is 56. The molecule has 0 unspecified atom stereocenters. The highest BCUT2D eigenvalue weighted by atomic mass is 16.6. The fraction of sp³-hybridized carbons (Fsp3) is 0.321. The summed E-state index contributed by atoms with van der Waals surface area (Å²) in [5, 5.41) is 92.3. The maximum Gasteiger partial charge on any atom is 0.292 e. The molecule has 0 aliphatic carbocycles. The number of hydrogen-bond acceptors (Lipinski definition) is 25. The molecule has 0 saturated heterocycles. The Kier molecular flexibility index (Phi) is 39.4. The van der Waals surface area contributed by atoms with Crippen LogP contribution in [0, 0.1) is 40.5 Å². The summed E-state index contributed by atoms with van der Waals surface area (Å²) in [7, 11) is 0. The van der Waals surface area contributed by atoms with E-state index in [0.717, 1.165) is 35.4 Å². The van der Waals surface area contributed by atoms with E-state index in [1.54, 1.807) is 12.1 Å². The number of nitrogens with zero attached hydrogens (tertiary/aromatic N) is 16. The molecule has 0 aliphatic rings. The molecule has 0 aromatic heterocycles. The number of hydrogen-bond donors (Lipinski definition) is 11. The summed E-state index contributed by atoms with van der Waals surface area (Å²) in [6.45, 7) is 5.38. The van der Waals surface area contributed by atoms with Crippen molar-refractivity contribution in [1.82, 2.24) is 16.0 Å². The lowest BCUT2D eigenvalue weighted by atomic mass is 10.1. The predicted molar refractivity (Wildman–Crippen MR) is 482 cm³/mol. The minimum Gasteiger partial charge on any atom is -0.493 e. The fourth-order valence-electron chi connectivity index (χ4n) is 12.7. The second-order valence-corrected chi connectivity index (χ2v) is 28.6. The van der Waals surface area contributed by atoms with Gasteiger partial charge in [0.15, 0.2) is 0 Å². The molecule has 11 N–H and O–H groups in total. The van der Waals surface area contributed by atoms with Gasteiger partial charge in [-0.2, -0.15) is 0 Å². The monoisotopic (exact) mass is 1750 g/mol. The third-order valence-electron chi connectivity index (χ3n) is 19.0. The smallest absolute Gasteiger partial charge is 0.292 e. The lowest BCUT2D eigenvalue weighted by Gasteiger charge is -2.14. The summed E-state index contributed by atoms with van der Waals surface area (Å²) >= 11 is 0. The molecule has 0 fully saturated rings. The number of amides is 7. The average Bonchev–Trinajstić information content (AvgIpc) is 0.812. The lowest BCUT2D eigenvalue weighted by molar-refractivity contribution is -0.384. The summed E-state index contributed by atoms with van der Waals surface area (Å²) in [6, 6.07) is 36.9. The van der Waals surface area contributed by atoms with Crippen LogP contribution in [0.4, 0.5) is 91.0 Å². The Hall–Kier alpha value is -16.6. The van der Waals surface area contributed by atoms with Gasteiger partial charge < -0.3 is 68.0 Å². The highest BCUT2D eigenvalue weighted by Crippen LogP contribution is 2.35. The van der Waals surface area contributed by atoms with Crippen molar-refractivity contribution in [1.29, 1.82) is 0 Å². The first-order valence-corrected chi connectivity index (χ1v) is 40.7. The zero-order valence-electron chi connectivity index (χ0n) is 69.4. The Bertz CT molecular complexity index is 5010. The van der Waals surface area contributed by atoms with E-state index in [2.05, 4.69) is 105 Å². The van der Waals surface area contributed by atoms with Crippen LogP contribution in [-0.4, -0.2) is 114 Å². The third-order valence-corrected chi connectivity index (χ3v) is 19.0. The van der Waals surface area contributed by atoms with Gasteiger partial charge in [0.05, 0.1) is 32.9 Å². The normalized spacial score (nSPS) is 10.4. The van der Waals surface area contributed by atoms with Crippen LogP contribution < -0.4 is 68.0 Å². The largest absolute Gasteiger partial charge is 0.493 e. The van der Waals surface area contributed by atoms with Crippen LogP contribution in [0.3, 0.4) is 0 Å². The van der Waals surface area contributed by atoms with Gasteiger partial charge in [-0.25, -0.2) is 0 Å². The van der Waals surface area contributed by atoms with E-state index >= 15 is 0 Å². The minimum absolute atomic E-state index is 0.00991. The number of carbonyl (C=O) groups excluding carboxylic acids is 7. The summed E-state index contributed by atoms with van der Waals surface area (Å²) in [5.74, 6) is -2.80. The summed E-state index contributed by atoms with van der Waals surface area (Å²) in [4.78, 5) is 151. The van der Waals surface area contributed by atoms with Gasteiger partial charge in [-0.05, 0) is 170 Å². The summed E-state index contributed by atoms with van der Waals surface area (Å²) in [5.41, 5.74) is 37.9. The van der Waals surface area contributed by atoms with Gasteiger partial charge >= 0.3 is 0 Å². The number of carbonyl (C=O) groups is 7. The third kappa shape index (κ3) is 33.3. The molecular weight excluding hydrogens is 1660 g/mol. The van der Waals surface area contributed by atoms with Crippen LogP contribution in [-0.2, 0) is 25.7 Å². The Morgan fingerprint density at radius 3 is 0.914 bits per heavy atom. The number of unbranched alkanes of at least 4 members (excludes halogenated alkanes) is 8. The highest BCUT2D eigenvalue weighted by Gasteiger charge is 2.22. The van der Waals surface area contributed by atoms with Crippen LogP contribution >= 0.6 is 0 Å². The van der Waals surface area contributed by atoms with Crippen LogP contribution in [0.5, 0.6) is 11.5 Å². The van der Waals surface area contributed by atoms with E-state index in [4.69, 9.17) is 31.6 Å². The molecule has 0 radical (unpaired) electrons. The van der Waals surface area contributed by atoms with Gasteiger partial charge in [0.25, 0.3) is 40.5 Å². The molecule has 0 spiro atoms. The predicted octanol–water partition coefficient (Wildman–Crippen LogP) is 19.5. The molecule has 0 bridgehead atoms. The van der Waals surface area contributed by atoms with Crippen LogP contribution in [0.15, 0.2) is 179 Å². The first-order valence-electron chi connectivity index (χ1n) is 40.7. The van der Waals surface area contributed by atoms with E-state index in [1.165, 1.54) is 97.1 Å². The number of azide groups is 4. The van der Waals surface area contributed by atoms with Crippen molar-refractivity contribution in [3.8, 4) is 11.5 Å². The maximum atomic E-state index is 14.0. The van der Waals surface area contributed by atoms with E-state index in [-0.39, 0.29) is 191 Å². The summed E-state index contributed by atoms with van der Waals surface area (Å²) < 4.78 is 12.4. The first kappa shape index (κ1) is 96.9. The standard InChI is InChI=1S/C84H93N27O17/c1-2-55-21-23-56(24-22-55)54-95-84(118)59-45-68(127-39-15-37-93-82(116)57-41-64(96-78(112)17-7-3-11-33-89-70-29-25-60(100-104-85)49-74(70)108(119)120)47-65(42-57)97-79(113)18-8-4-12-34-90-71-30-26-61(101-105-86)50-75(71)109(121)122)53-69(46-59)128-40-16-38-94-83(117)58-43-66(98-80(114)19-9-5-13-35-91-72-31-27-62(102-106-87)51-76(72)110(123)124)48-67(44-58)99-81(115)20-10-6-14-36-92-73-32-28-63(103-107-88)52-77(73)111(125)126/h2,21-32,41-53,89-92H,1,3-20,33-40,54H2,(H,93,116)(H,94,117)(H,95,118)(H,96,112)(H,97,113)(H,98,114)(H,99,115). The highest BCUT2D eigenvalue weighted by molar-refractivity contribution is 6.02. The number of benzene rings is 8. The molecule has 7 amide bonds. The molecule has 0 aliphatic heterocycles. The van der Waals surface area contributed by atoms with Crippen molar-refractivity contribution in [3.63, 3.8) is 0 Å². The molecule has 8 aromatic rings. The van der Waals surface area contributed by atoms with Crippen LogP contribution in [0.25, 0.3) is 47.8 Å². The Morgan fingerprint density at radius 2 is 0.633 bits per heavy atom. The van der Waals surface area contributed by atoms with E-state index in [9.17, 15) is 74.0 Å². The topological polar surface area (TPSA) is 638 Å². The van der Waals surface area contributed by atoms with E-state index in [1.807, 2.05) is 24.3 Å². The lowest BCUT2D eigenvalue weighted by Crippen LogP contribution is -2.26. The van der Waals surface area contributed by atoms with Crippen LogP contribution in [0.1, 0.15) is 158 Å². The Labute approximate surface area is 731 Å². The van der Waals surface area contributed by atoms with Gasteiger partial charge in [-0.15, -0.1) is 0 Å². The van der Waals surface area contributed by atoms with Crippen molar-refractivity contribution in [2.75, 3.05) is 95.0 Å². The van der Waals surface area contributed by atoms with Crippen LogP contribution in [0.2, 0.25) is 0 Å². The minimum atomic E-state index is -0.601. The van der Waals surface area contributed by atoms with Crippen molar-refractivity contribution < 1.29 is 62.7 Å². The molecule has 44 heteroatoms. The fourth-order valence-corrected chi connectivity index (χ4v) is 12.7. The van der Waals surface area contributed by atoms with Crippen molar-refractivity contribution in [2.24, 2.45) is 20.5 Å². The number of anilines is 8. The van der Waals surface area contributed by atoms with Gasteiger partial charge in [0, 0.05) is 184 Å². The number of nitro groups is 4. The molecule has 128 heavy (non-hydrogen) atoms. The summed E-state index contributed by atoms with van der Waals surface area (Å²) in [6.07, 6.45) is 8.24. The molecule has 0 atom stereocenters. The van der Waals surface area contributed by atoms with Crippen molar-refractivity contribution in [3.05, 3.63) is 268 Å². The SMILES string of the molecule is C=Cc1ccc(CNC(=O)c2cc(OCCCNC(=O)c3cc(NC(=O)CCCCCNc4ccc(N=[N+]=[N-])cc4[N+](=O)[O-])cc(NC(=O)CCCCCNc4ccc(N=[N+]=[N-])cc4[N+](=O)[O-])c3)cc(OCCCNC(=O)c3cc(NC(=O)CCCCCNc4ccc(N=[N+]=[N-])cc4[N+](=O)[O-])cc(NC(=O)CCCCCNc4ccc(N=[N+]=[N-])cc4[N+](=O)[O-])c3)c2)cc1. The molecule has 8 aromatic carbocycles. The Balaban J connectivity index is 0.876. The van der Waals surface area contributed by atoms with Crippen molar-refractivity contribution in [2.45, 2.75) is 122 Å². The molecule has 8 rings (SSSR count). The zero-order valence-corrected chi connectivity index (χ0v) is 69.4. The molecular formula is C84H93N27O17. The van der Waals surface area contributed by atoms with Gasteiger partial charge in [-0.3, -0.25) is 74.0 Å². The second-order valence-electron chi connectivity index (χ2n) is 28.6. The van der Waals surface area contributed by atoms with Crippen molar-refractivity contribution >= 4 is 138 Å². The molecule has 0 saturated carbocycles. The molecule has 0 heterocycles. The number of ether oxygens (including phenoxy) is 2.